The van der Waals surface area contributed by atoms with E-state index in [1.807, 2.05) is 35.6 Å². The molecule has 0 aromatic heterocycles. The third kappa shape index (κ3) is 3.08. The molecule has 0 saturated heterocycles. The number of benzene rings is 2. The lowest BCUT2D eigenvalue weighted by Gasteiger charge is -2.11. The van der Waals surface area contributed by atoms with E-state index >= 15 is 0 Å². The molecule has 2 rings (SSSR count). The lowest BCUT2D eigenvalue weighted by molar-refractivity contribution is 0.0694. The monoisotopic (exact) mass is 379 g/mol. The molecule has 0 amide bonds. The molecule has 20 heavy (non-hydrogen) atoms. The third-order valence-electron chi connectivity index (χ3n) is 2.65. The van der Waals surface area contributed by atoms with Crippen LogP contribution in [0.15, 0.2) is 36.4 Å². The first-order chi connectivity index (χ1) is 9.51. The number of hydrogen-bond acceptors (Lipinski definition) is 3. The molecule has 0 radical (unpaired) electrons. The van der Waals surface area contributed by atoms with Gasteiger partial charge in [-0.05, 0) is 65.4 Å². The molecule has 2 aromatic carbocycles. The van der Waals surface area contributed by atoms with Crippen molar-refractivity contribution in [3.8, 4) is 17.6 Å². The lowest BCUT2D eigenvalue weighted by atomic mass is 10.1. The summed E-state index contributed by atoms with van der Waals surface area (Å²) in [7, 11) is 0. The van der Waals surface area contributed by atoms with Gasteiger partial charge in [0.25, 0.3) is 0 Å². The summed E-state index contributed by atoms with van der Waals surface area (Å²) in [6.45, 7) is 1.88. The maximum Gasteiger partial charge on any atom is 0.339 e. The Morgan fingerprint density at radius 3 is 2.65 bits per heavy atom. The summed E-state index contributed by atoms with van der Waals surface area (Å²) in [5.74, 6) is -0.485. The molecule has 0 atom stereocenters. The molecule has 0 saturated carbocycles. The summed E-state index contributed by atoms with van der Waals surface area (Å²) in [4.78, 5) is 11.2. The van der Waals surface area contributed by atoms with Gasteiger partial charge >= 0.3 is 5.97 Å². The van der Waals surface area contributed by atoms with Gasteiger partial charge in [0, 0.05) is 3.57 Å². The van der Waals surface area contributed by atoms with Gasteiger partial charge < -0.3 is 9.84 Å². The predicted molar refractivity (Wildman–Crippen MR) is 82.1 cm³/mol. The molecule has 0 fully saturated rings. The van der Waals surface area contributed by atoms with Crippen LogP contribution in [0.3, 0.4) is 0 Å². The maximum absolute atomic E-state index is 11.2. The molecule has 0 heterocycles. The van der Waals surface area contributed by atoms with Gasteiger partial charge in [-0.25, -0.2) is 4.79 Å². The molecule has 0 aliphatic carbocycles. The molecule has 4 nitrogen and oxygen atoms in total. The van der Waals surface area contributed by atoms with Gasteiger partial charge in [-0.15, -0.1) is 0 Å². The summed E-state index contributed by atoms with van der Waals surface area (Å²) in [6.07, 6.45) is 0. The van der Waals surface area contributed by atoms with Crippen LogP contribution in [-0.4, -0.2) is 11.1 Å². The third-order valence-corrected chi connectivity index (χ3v) is 3.32. The van der Waals surface area contributed by atoms with Gasteiger partial charge in [-0.2, -0.15) is 5.26 Å². The highest BCUT2D eigenvalue weighted by atomic mass is 127. The number of rotatable bonds is 3. The van der Waals surface area contributed by atoms with Crippen molar-refractivity contribution in [1.29, 1.82) is 5.26 Å². The van der Waals surface area contributed by atoms with Crippen molar-refractivity contribution in [2.75, 3.05) is 0 Å². The van der Waals surface area contributed by atoms with Crippen molar-refractivity contribution >= 4 is 28.6 Å². The Morgan fingerprint density at radius 2 is 2.00 bits per heavy atom. The summed E-state index contributed by atoms with van der Waals surface area (Å²) in [6, 6.07) is 12.1. The normalized spacial score (nSPS) is 9.85. The number of aryl methyl sites for hydroxylation is 1. The molecule has 0 aliphatic heterocycles. The minimum Gasteiger partial charge on any atom is -0.478 e. The van der Waals surface area contributed by atoms with E-state index in [0.717, 1.165) is 9.13 Å². The SMILES string of the molecule is Cc1ccc(C#N)c(Oc2ccc(I)cc2C(=O)O)c1. The second-order valence-electron chi connectivity index (χ2n) is 4.16. The van der Waals surface area contributed by atoms with Crippen molar-refractivity contribution < 1.29 is 14.6 Å². The number of halogens is 1. The summed E-state index contributed by atoms with van der Waals surface area (Å²) in [5, 5.41) is 18.3. The molecule has 0 unspecified atom stereocenters. The zero-order valence-corrected chi connectivity index (χ0v) is 12.7. The topological polar surface area (TPSA) is 70.3 Å². The Balaban J connectivity index is 2.48. The largest absolute Gasteiger partial charge is 0.478 e. The van der Waals surface area contributed by atoms with Gasteiger partial charge in [0.15, 0.2) is 0 Å². The van der Waals surface area contributed by atoms with E-state index in [2.05, 4.69) is 0 Å². The standard InChI is InChI=1S/C15H10INO3/c1-9-2-3-10(8-17)14(6-9)20-13-5-4-11(16)7-12(13)15(18)19/h2-7H,1H3,(H,18,19). The molecular weight excluding hydrogens is 369 g/mol. The fraction of sp³-hybridized carbons (Fsp3) is 0.0667. The molecule has 0 bridgehead atoms. The fourth-order valence-electron chi connectivity index (χ4n) is 1.68. The molecule has 1 N–H and O–H groups in total. The smallest absolute Gasteiger partial charge is 0.339 e. The number of nitrogens with zero attached hydrogens (tertiary/aromatic N) is 1. The van der Waals surface area contributed by atoms with Crippen LogP contribution in [-0.2, 0) is 0 Å². The van der Waals surface area contributed by atoms with Crippen LogP contribution in [0.4, 0.5) is 0 Å². The molecule has 0 spiro atoms. The van der Waals surface area contributed by atoms with Crippen LogP contribution in [0.2, 0.25) is 0 Å². The van der Waals surface area contributed by atoms with Crippen LogP contribution >= 0.6 is 22.6 Å². The van der Waals surface area contributed by atoms with E-state index in [4.69, 9.17) is 10.00 Å². The van der Waals surface area contributed by atoms with Crippen molar-refractivity contribution in [2.24, 2.45) is 0 Å². The Hall–Kier alpha value is -2.07. The van der Waals surface area contributed by atoms with Crippen LogP contribution in [0.25, 0.3) is 0 Å². The highest BCUT2D eigenvalue weighted by Gasteiger charge is 2.14. The van der Waals surface area contributed by atoms with Gasteiger partial charge in [-0.1, -0.05) is 6.07 Å². The van der Waals surface area contributed by atoms with Crippen LogP contribution in [0, 0.1) is 21.8 Å². The number of nitriles is 1. The van der Waals surface area contributed by atoms with Gasteiger partial charge in [-0.3, -0.25) is 0 Å². The maximum atomic E-state index is 11.2. The zero-order chi connectivity index (χ0) is 14.7. The molecule has 2 aromatic rings. The van der Waals surface area contributed by atoms with Crippen LogP contribution in [0.5, 0.6) is 11.5 Å². The molecule has 100 valence electrons. The lowest BCUT2D eigenvalue weighted by Crippen LogP contribution is -2.01. The second kappa shape index (κ2) is 5.92. The highest BCUT2D eigenvalue weighted by Crippen LogP contribution is 2.29. The number of carboxylic acid groups (broad SMARTS) is 1. The number of hydrogen-bond donors (Lipinski definition) is 1. The second-order valence-corrected chi connectivity index (χ2v) is 5.40. The fourth-order valence-corrected chi connectivity index (χ4v) is 2.17. The quantitative estimate of drug-likeness (QED) is 0.820. The summed E-state index contributed by atoms with van der Waals surface area (Å²) >= 11 is 2.03. The number of ether oxygens (including phenoxy) is 1. The molecule has 0 aliphatic rings. The van der Waals surface area contributed by atoms with Gasteiger partial charge in [0.2, 0.25) is 0 Å². The molecular formula is C15H10INO3. The number of carboxylic acids is 1. The van der Waals surface area contributed by atoms with E-state index in [1.54, 1.807) is 30.3 Å². The summed E-state index contributed by atoms with van der Waals surface area (Å²) < 4.78 is 6.42. The highest BCUT2D eigenvalue weighted by molar-refractivity contribution is 14.1. The van der Waals surface area contributed by atoms with Crippen LogP contribution < -0.4 is 4.74 Å². The minimum atomic E-state index is -1.07. The van der Waals surface area contributed by atoms with Crippen molar-refractivity contribution in [2.45, 2.75) is 6.92 Å². The first kappa shape index (κ1) is 14.3. The van der Waals surface area contributed by atoms with Crippen molar-refractivity contribution in [3.05, 3.63) is 56.7 Å². The predicted octanol–water partition coefficient (Wildman–Crippen LogP) is 3.96. The first-order valence-corrected chi connectivity index (χ1v) is 6.80. The van der Waals surface area contributed by atoms with Crippen LogP contribution in [0.1, 0.15) is 21.5 Å². The van der Waals surface area contributed by atoms with E-state index in [-0.39, 0.29) is 11.3 Å². The Labute approximate surface area is 129 Å². The zero-order valence-electron chi connectivity index (χ0n) is 10.6. The minimum absolute atomic E-state index is 0.0716. The van der Waals surface area contributed by atoms with E-state index in [1.165, 1.54) is 6.07 Å². The van der Waals surface area contributed by atoms with Gasteiger partial charge in [0.05, 0.1) is 5.56 Å². The molecule has 5 heteroatoms. The first-order valence-electron chi connectivity index (χ1n) is 5.72. The Bertz CT molecular complexity index is 720. The van der Waals surface area contributed by atoms with Crippen molar-refractivity contribution in [1.82, 2.24) is 0 Å². The summed E-state index contributed by atoms with van der Waals surface area (Å²) in [5.41, 5.74) is 1.37. The Kier molecular flexibility index (Phi) is 4.25. The van der Waals surface area contributed by atoms with E-state index in [0.29, 0.717) is 11.3 Å². The van der Waals surface area contributed by atoms with E-state index in [9.17, 15) is 9.90 Å². The number of carbonyl (C=O) groups is 1. The average molecular weight is 379 g/mol. The van der Waals surface area contributed by atoms with E-state index < -0.39 is 5.97 Å². The Morgan fingerprint density at radius 1 is 1.25 bits per heavy atom. The average Bonchev–Trinajstić information content (AvgIpc) is 2.41. The van der Waals surface area contributed by atoms with Crippen molar-refractivity contribution in [3.63, 3.8) is 0 Å². The van der Waals surface area contributed by atoms with Gasteiger partial charge in [0.1, 0.15) is 23.1 Å². The number of aromatic carboxylic acids is 1.